The number of hydrogen-bond acceptors (Lipinski definition) is 3. The Morgan fingerprint density at radius 3 is 2.20 bits per heavy atom. The van der Waals surface area contributed by atoms with Crippen LogP contribution in [0.1, 0.15) is 44.0 Å². The first-order valence-corrected chi connectivity index (χ1v) is 8.71. The molecule has 3 nitrogen and oxygen atoms in total. The highest BCUT2D eigenvalue weighted by molar-refractivity contribution is 5.34. The Morgan fingerprint density at radius 1 is 1.07 bits per heavy atom. The number of hydrogen-bond donors (Lipinski definition) is 1. The highest BCUT2D eigenvalue weighted by Gasteiger charge is 2.38. The summed E-state index contributed by atoms with van der Waals surface area (Å²) in [5.41, 5.74) is -3.56. The molecule has 3 rings (SSSR count). The zero-order valence-corrected chi connectivity index (χ0v) is 15.3. The van der Waals surface area contributed by atoms with Crippen LogP contribution in [0.15, 0.2) is 42.5 Å². The smallest absolute Gasteiger partial charge is 0.349 e. The predicted molar refractivity (Wildman–Crippen MR) is 92.8 cm³/mol. The van der Waals surface area contributed by atoms with Gasteiger partial charge < -0.3 is 14.8 Å². The van der Waals surface area contributed by atoms with Crippen LogP contribution in [0.25, 0.3) is 0 Å². The highest BCUT2D eigenvalue weighted by Crippen LogP contribution is 2.38. The number of morpholine rings is 1. The summed E-state index contributed by atoms with van der Waals surface area (Å²) in [6.07, 6.45) is -14.2. The molecule has 0 amide bonds. The van der Waals surface area contributed by atoms with Gasteiger partial charge in [0.1, 0.15) is 5.82 Å². The Balaban J connectivity index is 2.00. The van der Waals surface area contributed by atoms with E-state index in [1.807, 2.05) is 0 Å². The van der Waals surface area contributed by atoms with E-state index < -0.39 is 60.2 Å². The first-order chi connectivity index (χ1) is 14.8. The molecule has 3 atom stereocenters. The molecule has 1 N–H and O–H groups in total. The molecular weight excluding hydrogens is 419 g/mol. The van der Waals surface area contributed by atoms with Crippen LogP contribution in [-0.4, -0.2) is 19.4 Å². The monoisotopic (exact) mass is 439 g/mol. The first-order valence-electron chi connectivity index (χ1n) is 9.92. The van der Waals surface area contributed by atoms with Crippen molar-refractivity contribution in [2.24, 2.45) is 0 Å². The van der Waals surface area contributed by atoms with E-state index in [1.54, 1.807) is 0 Å². The van der Waals surface area contributed by atoms with Crippen molar-refractivity contribution in [3.8, 4) is 0 Å². The fourth-order valence-corrected chi connectivity index (χ4v) is 2.95. The second kappa shape index (κ2) is 8.52. The molecule has 0 saturated carbocycles. The summed E-state index contributed by atoms with van der Waals surface area (Å²) in [5.74, 6) is -0.521. The van der Waals surface area contributed by atoms with Gasteiger partial charge in [0.15, 0.2) is 6.29 Å². The third kappa shape index (κ3) is 5.30. The number of benzene rings is 2. The summed E-state index contributed by atoms with van der Waals surface area (Å²) in [4.78, 5) is 0. The first kappa shape index (κ1) is 19.8. The number of ether oxygens (including phenoxy) is 2. The zero-order chi connectivity index (χ0) is 23.7. The van der Waals surface area contributed by atoms with Gasteiger partial charge in [-0.2, -0.15) is 26.3 Å². The number of nitrogens with one attached hydrogen (secondary N) is 1. The fourth-order valence-electron chi connectivity index (χ4n) is 2.95. The van der Waals surface area contributed by atoms with Crippen molar-refractivity contribution in [1.82, 2.24) is 5.32 Å². The van der Waals surface area contributed by atoms with E-state index in [9.17, 15) is 30.7 Å². The number of halogens is 7. The summed E-state index contributed by atoms with van der Waals surface area (Å²) < 4.78 is 120. The van der Waals surface area contributed by atoms with Gasteiger partial charge in [-0.3, -0.25) is 0 Å². The molecule has 2 aromatic rings. The van der Waals surface area contributed by atoms with Crippen LogP contribution in [0, 0.1) is 5.82 Å². The number of rotatable bonds is 4. The Morgan fingerprint density at radius 2 is 1.67 bits per heavy atom. The molecule has 0 bridgehead atoms. The van der Waals surface area contributed by atoms with Gasteiger partial charge >= 0.3 is 12.4 Å². The van der Waals surface area contributed by atoms with E-state index in [4.69, 9.17) is 12.2 Å². The lowest BCUT2D eigenvalue weighted by Crippen LogP contribution is -2.43. The summed E-state index contributed by atoms with van der Waals surface area (Å²) in [6.45, 7) is -0.607. The molecule has 0 spiro atoms. The second-order valence-electron chi connectivity index (χ2n) is 6.56. The topological polar surface area (TPSA) is 30.5 Å². The molecule has 0 aromatic heterocycles. The van der Waals surface area contributed by atoms with Crippen molar-refractivity contribution in [1.29, 1.82) is 0 Å². The van der Waals surface area contributed by atoms with Crippen LogP contribution in [0.4, 0.5) is 30.7 Å². The Labute approximate surface area is 170 Å². The second-order valence-corrected chi connectivity index (χ2v) is 6.56. The molecule has 1 aliphatic heterocycles. The Hall–Kier alpha value is -2.17. The highest BCUT2D eigenvalue weighted by atomic mass is 19.4. The van der Waals surface area contributed by atoms with E-state index >= 15 is 0 Å². The summed E-state index contributed by atoms with van der Waals surface area (Å²) in [6, 6.07) is 4.97. The average molecular weight is 439 g/mol. The van der Waals surface area contributed by atoms with E-state index in [1.165, 1.54) is 12.1 Å². The van der Waals surface area contributed by atoms with Gasteiger partial charge in [-0.05, 0) is 48.4 Å². The largest absolute Gasteiger partial charge is 0.416 e. The van der Waals surface area contributed by atoms with Gasteiger partial charge in [0.25, 0.3) is 0 Å². The van der Waals surface area contributed by atoms with Crippen LogP contribution >= 0.6 is 0 Å². The predicted octanol–water partition coefficient (Wildman–Crippen LogP) is 5.63. The van der Waals surface area contributed by atoms with Crippen molar-refractivity contribution >= 4 is 0 Å². The summed E-state index contributed by atoms with van der Waals surface area (Å²) in [7, 11) is 0. The van der Waals surface area contributed by atoms with E-state index in [0.717, 1.165) is 12.1 Å². The lowest BCUT2D eigenvalue weighted by molar-refractivity contribution is -0.200. The van der Waals surface area contributed by atoms with Gasteiger partial charge in [-0.25, -0.2) is 4.39 Å². The van der Waals surface area contributed by atoms with Gasteiger partial charge in [0.05, 0.1) is 31.2 Å². The molecule has 1 aliphatic rings. The minimum absolute atomic E-state index is 0.0617. The quantitative estimate of drug-likeness (QED) is 0.627. The normalized spacial score (nSPS) is 23.4. The van der Waals surface area contributed by atoms with E-state index in [2.05, 4.69) is 5.32 Å². The molecule has 2 aromatic carbocycles. The van der Waals surface area contributed by atoms with Crippen LogP contribution < -0.4 is 5.32 Å². The fraction of sp³-hybridized carbons (Fsp3) is 0.400. The van der Waals surface area contributed by atoms with Crippen LogP contribution in [0.5, 0.6) is 0 Å². The Kier molecular flexibility index (Phi) is 5.62. The standard InChI is InChI=1S/C20H18F7NO2/c1-11(13-8-14(19(22,23)24)10-15(9-13)20(25,26)27)30-18-17(28-6-7-29-18)12-2-4-16(21)5-3-12/h2-5,8-11,17-18,28H,6-7H2,1H3/t11-,17+,18-/m1/s1/i1D,11D. The van der Waals surface area contributed by atoms with Crippen molar-refractivity contribution in [2.45, 2.75) is 37.7 Å². The molecule has 10 heteroatoms. The number of alkyl halides is 6. The van der Waals surface area contributed by atoms with Crippen LogP contribution in [0.3, 0.4) is 0 Å². The average Bonchev–Trinajstić information content (AvgIpc) is 2.73. The molecular formula is C20H18F7NO2. The molecule has 1 heterocycles. The van der Waals surface area contributed by atoms with Gasteiger partial charge in [-0.15, -0.1) is 0 Å². The molecule has 30 heavy (non-hydrogen) atoms. The zero-order valence-electron chi connectivity index (χ0n) is 17.3. The van der Waals surface area contributed by atoms with Crippen molar-refractivity contribution < 1.29 is 42.9 Å². The van der Waals surface area contributed by atoms with Crippen LogP contribution in [0.2, 0.25) is 0 Å². The third-order valence-electron chi connectivity index (χ3n) is 4.42. The Bertz CT molecular complexity index is 905. The molecule has 0 aliphatic carbocycles. The lowest BCUT2D eigenvalue weighted by Gasteiger charge is -2.34. The molecule has 164 valence electrons. The van der Waals surface area contributed by atoms with Gasteiger partial charge in [-0.1, -0.05) is 12.1 Å². The SMILES string of the molecule is [2H]C[C@@]([2H])(O[C@H]1OCCN[C@H]1c1ccc(F)cc1)c1cc(C(F)(F)F)cc(C(F)(F)F)c1. The van der Waals surface area contributed by atoms with Gasteiger partial charge in [0, 0.05) is 7.92 Å². The van der Waals surface area contributed by atoms with Crippen molar-refractivity contribution in [3.63, 3.8) is 0 Å². The maximum atomic E-state index is 13.2. The van der Waals surface area contributed by atoms with Crippen molar-refractivity contribution in [2.75, 3.05) is 13.2 Å². The minimum Gasteiger partial charge on any atom is -0.349 e. The maximum absolute atomic E-state index is 13.2. The van der Waals surface area contributed by atoms with Crippen molar-refractivity contribution in [3.05, 3.63) is 70.5 Å². The minimum atomic E-state index is -5.11. The molecule has 0 radical (unpaired) electrons. The maximum Gasteiger partial charge on any atom is 0.416 e. The molecule has 0 unspecified atom stereocenters. The lowest BCUT2D eigenvalue weighted by atomic mass is 10.0. The summed E-state index contributed by atoms with van der Waals surface area (Å²) in [5, 5.41) is 3.00. The van der Waals surface area contributed by atoms with E-state index in [-0.39, 0.29) is 12.7 Å². The van der Waals surface area contributed by atoms with E-state index in [0.29, 0.717) is 24.2 Å². The van der Waals surface area contributed by atoms with Crippen LogP contribution in [-0.2, 0) is 21.8 Å². The van der Waals surface area contributed by atoms with Gasteiger partial charge in [0.2, 0.25) is 0 Å². The molecule has 1 saturated heterocycles. The summed E-state index contributed by atoms with van der Waals surface area (Å²) >= 11 is 0. The molecule has 1 fully saturated rings. The third-order valence-corrected chi connectivity index (χ3v) is 4.42.